The smallest absolute Gasteiger partial charge is 0.220 e. The molecule has 1 amide bonds. The third kappa shape index (κ3) is 3.13. The number of amides is 1. The molecule has 1 aromatic heterocycles. The highest BCUT2D eigenvalue weighted by molar-refractivity contribution is 5.97. The zero-order valence-corrected chi connectivity index (χ0v) is 14.2. The number of hydrogen-bond donors (Lipinski definition) is 2. The topological polar surface area (TPSA) is 63.2 Å². The van der Waals surface area contributed by atoms with E-state index in [4.69, 9.17) is 4.74 Å². The molecule has 2 heterocycles. The van der Waals surface area contributed by atoms with Crippen molar-refractivity contribution in [2.24, 2.45) is 0 Å². The number of methoxy groups -OCH3 is 1. The van der Waals surface area contributed by atoms with Crippen molar-refractivity contribution in [1.29, 1.82) is 0 Å². The van der Waals surface area contributed by atoms with Gasteiger partial charge in [-0.1, -0.05) is 5.92 Å². The van der Waals surface area contributed by atoms with Crippen LogP contribution in [0.2, 0.25) is 0 Å². The third-order valence-electron chi connectivity index (χ3n) is 4.26. The number of pyridine rings is 1. The lowest BCUT2D eigenvalue weighted by Gasteiger charge is -2.15. The second kappa shape index (κ2) is 6.79. The van der Waals surface area contributed by atoms with Crippen molar-refractivity contribution < 1.29 is 9.53 Å². The Bertz CT molecular complexity index is 849. The number of benzene rings is 1. The molecule has 3 rings (SSSR count). The van der Waals surface area contributed by atoms with Gasteiger partial charge >= 0.3 is 0 Å². The summed E-state index contributed by atoms with van der Waals surface area (Å²) in [6.45, 7) is 4.49. The van der Waals surface area contributed by atoms with Gasteiger partial charge in [-0.05, 0) is 38.0 Å². The van der Waals surface area contributed by atoms with Crippen LogP contribution in [0.5, 0.6) is 5.75 Å². The van der Waals surface area contributed by atoms with Gasteiger partial charge in [0.25, 0.3) is 0 Å². The van der Waals surface area contributed by atoms with E-state index in [1.807, 2.05) is 19.9 Å². The van der Waals surface area contributed by atoms with E-state index in [0.29, 0.717) is 13.0 Å². The molecule has 0 spiro atoms. The van der Waals surface area contributed by atoms with E-state index in [9.17, 15) is 4.79 Å². The van der Waals surface area contributed by atoms with Crippen molar-refractivity contribution in [2.45, 2.75) is 32.7 Å². The van der Waals surface area contributed by atoms with Crippen LogP contribution in [0, 0.1) is 18.8 Å². The van der Waals surface area contributed by atoms with Gasteiger partial charge in [-0.15, -0.1) is 5.92 Å². The number of hydrogen-bond acceptors (Lipinski definition) is 4. The fraction of sp³-hybridized carbons (Fsp3) is 0.368. The van der Waals surface area contributed by atoms with Crippen molar-refractivity contribution in [3.8, 4) is 17.6 Å². The number of aryl methyl sites for hydroxylation is 1. The second-order valence-electron chi connectivity index (χ2n) is 5.95. The molecule has 1 fully saturated rings. The van der Waals surface area contributed by atoms with Gasteiger partial charge in [-0.25, -0.2) is 4.98 Å². The van der Waals surface area contributed by atoms with Crippen LogP contribution in [0.1, 0.15) is 30.9 Å². The maximum Gasteiger partial charge on any atom is 0.220 e. The van der Waals surface area contributed by atoms with Crippen molar-refractivity contribution in [3.63, 3.8) is 0 Å². The zero-order valence-electron chi connectivity index (χ0n) is 14.2. The van der Waals surface area contributed by atoms with Gasteiger partial charge in [0.15, 0.2) is 0 Å². The molecule has 0 radical (unpaired) electrons. The van der Waals surface area contributed by atoms with Crippen molar-refractivity contribution in [1.82, 2.24) is 10.3 Å². The fourth-order valence-electron chi connectivity index (χ4n) is 3.02. The number of nitrogens with zero attached hydrogens (tertiary/aromatic N) is 1. The SMILES string of the molecule is CC#Cc1cnc(NCC2CCC(=O)N2)c2cc(OC)c(C)cc12. The molecular formula is C19H21N3O2. The summed E-state index contributed by atoms with van der Waals surface area (Å²) in [7, 11) is 1.67. The molecule has 0 saturated carbocycles. The zero-order chi connectivity index (χ0) is 17.1. The van der Waals surface area contributed by atoms with Crippen LogP contribution in [0.25, 0.3) is 10.8 Å². The Morgan fingerprint density at radius 1 is 1.42 bits per heavy atom. The van der Waals surface area contributed by atoms with E-state index in [0.717, 1.165) is 39.9 Å². The number of aromatic nitrogens is 1. The first-order valence-corrected chi connectivity index (χ1v) is 8.05. The van der Waals surface area contributed by atoms with Crippen molar-refractivity contribution in [3.05, 3.63) is 29.5 Å². The van der Waals surface area contributed by atoms with Crippen LogP contribution in [-0.4, -0.2) is 30.6 Å². The molecule has 0 bridgehead atoms. The maximum atomic E-state index is 11.3. The first-order valence-electron chi connectivity index (χ1n) is 8.05. The average molecular weight is 323 g/mol. The van der Waals surface area contributed by atoms with E-state index in [1.54, 1.807) is 13.3 Å². The van der Waals surface area contributed by atoms with Gasteiger partial charge in [-0.2, -0.15) is 0 Å². The number of rotatable bonds is 4. The minimum Gasteiger partial charge on any atom is -0.496 e. The Labute approximate surface area is 141 Å². The van der Waals surface area contributed by atoms with Gasteiger partial charge in [0.1, 0.15) is 11.6 Å². The number of ether oxygens (including phenoxy) is 1. The molecule has 5 nitrogen and oxygen atoms in total. The number of fused-ring (bicyclic) bond motifs is 1. The summed E-state index contributed by atoms with van der Waals surface area (Å²) in [5.41, 5.74) is 1.96. The number of anilines is 1. The third-order valence-corrected chi connectivity index (χ3v) is 4.26. The van der Waals surface area contributed by atoms with E-state index in [2.05, 4.69) is 33.5 Å². The van der Waals surface area contributed by atoms with Crippen LogP contribution in [0.4, 0.5) is 5.82 Å². The Hall–Kier alpha value is -2.74. The molecular weight excluding hydrogens is 302 g/mol. The van der Waals surface area contributed by atoms with Gasteiger partial charge in [-0.3, -0.25) is 4.79 Å². The van der Waals surface area contributed by atoms with E-state index >= 15 is 0 Å². The molecule has 24 heavy (non-hydrogen) atoms. The van der Waals surface area contributed by atoms with Crippen molar-refractivity contribution >= 4 is 22.5 Å². The lowest BCUT2D eigenvalue weighted by atomic mass is 10.0. The molecule has 1 aliphatic rings. The first kappa shape index (κ1) is 16.1. The van der Waals surface area contributed by atoms with Crippen LogP contribution < -0.4 is 15.4 Å². The highest BCUT2D eigenvalue weighted by Crippen LogP contribution is 2.31. The molecule has 0 aliphatic carbocycles. The molecule has 1 unspecified atom stereocenters. The standard InChI is InChI=1S/C19H21N3O2/c1-4-5-13-10-20-19(21-11-14-6-7-18(23)22-14)16-9-17(24-3)12(2)8-15(13)16/h8-10,14H,6-7,11H2,1-3H3,(H,20,21)(H,22,23). The first-order chi connectivity index (χ1) is 11.6. The maximum absolute atomic E-state index is 11.3. The minimum atomic E-state index is 0.116. The monoisotopic (exact) mass is 323 g/mol. The minimum absolute atomic E-state index is 0.116. The van der Waals surface area contributed by atoms with Crippen LogP contribution >= 0.6 is 0 Å². The number of carbonyl (C=O) groups is 1. The summed E-state index contributed by atoms with van der Waals surface area (Å²) >= 11 is 0. The lowest BCUT2D eigenvalue weighted by molar-refractivity contribution is -0.119. The van der Waals surface area contributed by atoms with Crippen LogP contribution in [-0.2, 0) is 4.79 Å². The summed E-state index contributed by atoms with van der Waals surface area (Å²) < 4.78 is 5.45. The Balaban J connectivity index is 1.98. The molecule has 2 N–H and O–H groups in total. The van der Waals surface area contributed by atoms with Gasteiger partial charge in [0, 0.05) is 36.0 Å². The summed E-state index contributed by atoms with van der Waals surface area (Å²) in [4.78, 5) is 15.9. The molecule has 124 valence electrons. The van der Waals surface area contributed by atoms with E-state index in [-0.39, 0.29) is 11.9 Å². The molecule has 2 aromatic rings. The molecule has 1 saturated heterocycles. The summed E-state index contributed by atoms with van der Waals surface area (Å²) in [5.74, 6) is 7.77. The predicted octanol–water partition coefficient (Wildman–Crippen LogP) is 2.61. The van der Waals surface area contributed by atoms with Gasteiger partial charge < -0.3 is 15.4 Å². The summed E-state index contributed by atoms with van der Waals surface area (Å²) in [6.07, 6.45) is 3.24. The molecule has 5 heteroatoms. The highest BCUT2D eigenvalue weighted by Gasteiger charge is 2.20. The van der Waals surface area contributed by atoms with Crippen LogP contribution in [0.3, 0.4) is 0 Å². The number of nitrogens with one attached hydrogen (secondary N) is 2. The Morgan fingerprint density at radius 2 is 2.25 bits per heavy atom. The summed E-state index contributed by atoms with van der Waals surface area (Å²) in [6, 6.07) is 4.23. The Morgan fingerprint density at radius 3 is 2.92 bits per heavy atom. The molecule has 1 atom stereocenters. The second-order valence-corrected chi connectivity index (χ2v) is 5.95. The molecule has 1 aliphatic heterocycles. The normalized spacial score (nSPS) is 16.5. The molecule has 1 aromatic carbocycles. The highest BCUT2D eigenvalue weighted by atomic mass is 16.5. The van der Waals surface area contributed by atoms with Gasteiger partial charge in [0.05, 0.1) is 12.7 Å². The quantitative estimate of drug-likeness (QED) is 0.849. The van der Waals surface area contributed by atoms with E-state index < -0.39 is 0 Å². The van der Waals surface area contributed by atoms with Crippen molar-refractivity contribution in [2.75, 3.05) is 19.0 Å². The van der Waals surface area contributed by atoms with Gasteiger partial charge in [0.2, 0.25) is 5.91 Å². The summed E-state index contributed by atoms with van der Waals surface area (Å²) in [5, 5.41) is 8.35. The van der Waals surface area contributed by atoms with Crippen LogP contribution in [0.15, 0.2) is 18.3 Å². The predicted molar refractivity (Wildman–Crippen MR) is 95.2 cm³/mol. The average Bonchev–Trinajstić information content (AvgIpc) is 2.99. The van der Waals surface area contributed by atoms with E-state index in [1.165, 1.54) is 0 Å². The largest absolute Gasteiger partial charge is 0.496 e. The lowest BCUT2D eigenvalue weighted by Crippen LogP contribution is -2.32. The fourth-order valence-corrected chi connectivity index (χ4v) is 3.02. The Kier molecular flexibility index (Phi) is 4.57. The number of carbonyl (C=O) groups excluding carboxylic acids is 1.